The zero-order valence-corrected chi connectivity index (χ0v) is 9.66. The van der Waals surface area contributed by atoms with E-state index in [1.807, 2.05) is 6.92 Å². The number of rotatable bonds is 3. The van der Waals surface area contributed by atoms with Gasteiger partial charge in [0.25, 0.3) is 0 Å². The van der Waals surface area contributed by atoms with Crippen molar-refractivity contribution in [2.75, 3.05) is 7.11 Å². The molecule has 2 atom stereocenters. The van der Waals surface area contributed by atoms with E-state index in [0.29, 0.717) is 5.56 Å². The van der Waals surface area contributed by atoms with E-state index in [0.717, 1.165) is 5.56 Å². The Bertz CT molecular complexity index is 393. The fourth-order valence-corrected chi connectivity index (χ4v) is 1.55. The first-order chi connectivity index (χ1) is 7.47. The minimum atomic E-state index is -0.846. The lowest BCUT2D eigenvalue weighted by atomic mass is 9.92. The summed E-state index contributed by atoms with van der Waals surface area (Å²) in [5, 5.41) is 0. The van der Waals surface area contributed by atoms with E-state index in [1.54, 1.807) is 19.1 Å². The number of halogens is 1. The highest BCUT2D eigenvalue weighted by Crippen LogP contribution is 2.23. The van der Waals surface area contributed by atoms with E-state index in [-0.39, 0.29) is 5.82 Å². The summed E-state index contributed by atoms with van der Waals surface area (Å²) in [6, 6.07) is 3.91. The number of aryl methyl sites for hydroxylation is 1. The molecule has 4 heteroatoms. The predicted molar refractivity (Wildman–Crippen MR) is 59.5 cm³/mol. The molecule has 0 amide bonds. The van der Waals surface area contributed by atoms with Crippen LogP contribution in [0.2, 0.25) is 0 Å². The fourth-order valence-electron chi connectivity index (χ4n) is 1.55. The van der Waals surface area contributed by atoms with Crippen molar-refractivity contribution in [3.63, 3.8) is 0 Å². The summed E-state index contributed by atoms with van der Waals surface area (Å²) in [6.45, 7) is 3.57. The smallest absolute Gasteiger partial charge is 0.323 e. The third-order valence-electron chi connectivity index (χ3n) is 2.65. The van der Waals surface area contributed by atoms with Gasteiger partial charge in [0.05, 0.1) is 7.11 Å². The number of ether oxygens (including phenoxy) is 1. The molecule has 0 saturated carbocycles. The Hall–Kier alpha value is -1.42. The minimum absolute atomic E-state index is 0.350. The molecule has 0 aromatic heterocycles. The van der Waals surface area contributed by atoms with Crippen LogP contribution in [0.4, 0.5) is 4.39 Å². The summed E-state index contributed by atoms with van der Waals surface area (Å²) < 4.78 is 18.1. The van der Waals surface area contributed by atoms with Crippen molar-refractivity contribution in [3.8, 4) is 0 Å². The van der Waals surface area contributed by atoms with E-state index < -0.39 is 17.9 Å². The summed E-state index contributed by atoms with van der Waals surface area (Å²) in [4.78, 5) is 11.3. The van der Waals surface area contributed by atoms with Gasteiger partial charge in [0.15, 0.2) is 0 Å². The number of benzene rings is 1. The molecule has 88 valence electrons. The molecule has 0 aliphatic heterocycles. The van der Waals surface area contributed by atoms with Crippen LogP contribution < -0.4 is 5.73 Å². The monoisotopic (exact) mass is 225 g/mol. The molecular formula is C12H16FNO2. The van der Waals surface area contributed by atoms with Crippen molar-refractivity contribution >= 4 is 5.97 Å². The van der Waals surface area contributed by atoms with Crippen molar-refractivity contribution in [1.82, 2.24) is 0 Å². The van der Waals surface area contributed by atoms with Crippen LogP contribution in [0, 0.1) is 12.7 Å². The van der Waals surface area contributed by atoms with Crippen LogP contribution in [0.3, 0.4) is 0 Å². The third kappa shape index (κ3) is 2.58. The zero-order chi connectivity index (χ0) is 12.3. The molecule has 0 spiro atoms. The number of methoxy groups -OCH3 is 1. The molecule has 1 aromatic carbocycles. The van der Waals surface area contributed by atoms with Gasteiger partial charge < -0.3 is 10.5 Å². The Labute approximate surface area is 94.4 Å². The van der Waals surface area contributed by atoms with Gasteiger partial charge >= 0.3 is 5.97 Å². The Balaban J connectivity index is 2.99. The highest BCUT2D eigenvalue weighted by molar-refractivity contribution is 5.76. The quantitative estimate of drug-likeness (QED) is 0.797. The number of carbonyl (C=O) groups is 1. The van der Waals surface area contributed by atoms with E-state index in [1.165, 1.54) is 13.2 Å². The van der Waals surface area contributed by atoms with Gasteiger partial charge in [0.1, 0.15) is 11.9 Å². The lowest BCUT2D eigenvalue weighted by molar-refractivity contribution is -0.142. The number of hydrogen-bond acceptors (Lipinski definition) is 3. The van der Waals surface area contributed by atoms with Crippen molar-refractivity contribution in [3.05, 3.63) is 35.1 Å². The Morgan fingerprint density at radius 2 is 2.12 bits per heavy atom. The molecule has 0 heterocycles. The number of hydrogen-bond donors (Lipinski definition) is 1. The van der Waals surface area contributed by atoms with Crippen molar-refractivity contribution in [2.45, 2.75) is 25.8 Å². The second-order valence-corrected chi connectivity index (χ2v) is 3.86. The summed E-state index contributed by atoms with van der Waals surface area (Å²) in [5.74, 6) is -1.29. The summed E-state index contributed by atoms with van der Waals surface area (Å²) >= 11 is 0. The highest BCUT2D eigenvalue weighted by Gasteiger charge is 2.25. The van der Waals surface area contributed by atoms with Gasteiger partial charge in [-0.2, -0.15) is 0 Å². The van der Waals surface area contributed by atoms with Crippen LogP contribution in [0.15, 0.2) is 18.2 Å². The maximum atomic E-state index is 13.5. The van der Waals surface area contributed by atoms with Gasteiger partial charge in [-0.25, -0.2) is 4.39 Å². The Morgan fingerprint density at radius 1 is 1.50 bits per heavy atom. The van der Waals surface area contributed by atoms with Crippen LogP contribution in [-0.2, 0) is 9.53 Å². The molecule has 0 aliphatic rings. The zero-order valence-electron chi connectivity index (χ0n) is 9.66. The molecule has 0 aliphatic carbocycles. The van der Waals surface area contributed by atoms with E-state index in [4.69, 9.17) is 5.73 Å². The molecule has 1 aromatic rings. The van der Waals surface area contributed by atoms with Gasteiger partial charge in [-0.15, -0.1) is 0 Å². The first kappa shape index (κ1) is 12.6. The minimum Gasteiger partial charge on any atom is -0.468 e. The number of nitrogens with two attached hydrogens (primary N) is 1. The van der Waals surface area contributed by atoms with Gasteiger partial charge in [0, 0.05) is 5.92 Å². The van der Waals surface area contributed by atoms with Gasteiger partial charge in [0.2, 0.25) is 0 Å². The van der Waals surface area contributed by atoms with Gasteiger partial charge in [-0.05, 0) is 18.6 Å². The van der Waals surface area contributed by atoms with Crippen molar-refractivity contribution in [1.29, 1.82) is 0 Å². The molecule has 0 fully saturated rings. The average molecular weight is 225 g/mol. The van der Waals surface area contributed by atoms with Crippen molar-refractivity contribution in [2.24, 2.45) is 5.73 Å². The summed E-state index contributed by atoms with van der Waals surface area (Å²) in [6.07, 6.45) is 0. The lowest BCUT2D eigenvalue weighted by Gasteiger charge is -2.18. The second-order valence-electron chi connectivity index (χ2n) is 3.86. The van der Waals surface area contributed by atoms with Gasteiger partial charge in [-0.3, -0.25) is 4.79 Å². The largest absolute Gasteiger partial charge is 0.468 e. The van der Waals surface area contributed by atoms with Crippen LogP contribution in [-0.4, -0.2) is 19.1 Å². The fraction of sp³-hybridized carbons (Fsp3) is 0.417. The lowest BCUT2D eigenvalue weighted by Crippen LogP contribution is -2.36. The summed E-state index contributed by atoms with van der Waals surface area (Å²) in [7, 11) is 1.27. The van der Waals surface area contributed by atoms with Crippen LogP contribution in [0.1, 0.15) is 24.0 Å². The maximum absolute atomic E-state index is 13.5. The maximum Gasteiger partial charge on any atom is 0.323 e. The van der Waals surface area contributed by atoms with Gasteiger partial charge in [-0.1, -0.05) is 24.6 Å². The third-order valence-corrected chi connectivity index (χ3v) is 2.65. The van der Waals surface area contributed by atoms with Crippen molar-refractivity contribution < 1.29 is 13.9 Å². The summed E-state index contributed by atoms with van der Waals surface area (Å²) in [5.41, 5.74) is 7.05. The molecule has 0 radical (unpaired) electrons. The topological polar surface area (TPSA) is 52.3 Å². The SMILES string of the molecule is COC(=O)C(N)C(C)c1cc(C)ccc1F. The Kier molecular flexibility index (Phi) is 4.01. The Morgan fingerprint density at radius 3 is 2.69 bits per heavy atom. The molecule has 1 rings (SSSR count). The first-order valence-corrected chi connectivity index (χ1v) is 5.06. The number of esters is 1. The number of carbonyl (C=O) groups excluding carboxylic acids is 1. The first-order valence-electron chi connectivity index (χ1n) is 5.06. The van der Waals surface area contributed by atoms with E-state index in [2.05, 4.69) is 4.74 Å². The predicted octanol–water partition coefficient (Wildman–Crippen LogP) is 1.74. The molecule has 3 nitrogen and oxygen atoms in total. The molecule has 2 unspecified atom stereocenters. The van der Waals surface area contributed by atoms with E-state index >= 15 is 0 Å². The molecular weight excluding hydrogens is 209 g/mol. The van der Waals surface area contributed by atoms with E-state index in [9.17, 15) is 9.18 Å². The molecule has 2 N–H and O–H groups in total. The standard InChI is InChI=1S/C12H16FNO2/c1-7-4-5-10(13)9(6-7)8(2)11(14)12(15)16-3/h4-6,8,11H,14H2,1-3H3. The molecule has 0 saturated heterocycles. The van der Waals surface area contributed by atoms with Crippen LogP contribution >= 0.6 is 0 Å². The molecule has 0 bridgehead atoms. The second kappa shape index (κ2) is 5.07. The molecule has 16 heavy (non-hydrogen) atoms. The highest BCUT2D eigenvalue weighted by atomic mass is 19.1. The average Bonchev–Trinajstić information content (AvgIpc) is 2.29. The van der Waals surface area contributed by atoms with Crippen LogP contribution in [0.25, 0.3) is 0 Å². The normalized spacial score (nSPS) is 14.3. The van der Waals surface area contributed by atoms with Crippen LogP contribution in [0.5, 0.6) is 0 Å².